The Balaban J connectivity index is 0.000000571. The summed E-state index contributed by atoms with van der Waals surface area (Å²) in [4.78, 5) is 26.5. The van der Waals surface area contributed by atoms with Crippen LogP contribution in [0.5, 0.6) is 0 Å². The van der Waals surface area contributed by atoms with Gasteiger partial charge >= 0.3 is 64.4 Å². The predicted molar refractivity (Wildman–Crippen MR) is 101 cm³/mol. The van der Waals surface area contributed by atoms with E-state index in [1.54, 1.807) is 18.3 Å². The Labute approximate surface area is 186 Å². The zero-order valence-electron chi connectivity index (χ0n) is 16.1. The van der Waals surface area contributed by atoms with E-state index in [9.17, 15) is 34.8 Å². The third-order valence-corrected chi connectivity index (χ3v) is 3.37. The fourth-order valence-corrected chi connectivity index (χ4v) is 2.27. The first-order chi connectivity index (χ1) is 13.6. The van der Waals surface area contributed by atoms with Crippen molar-refractivity contribution in [3.8, 4) is 0 Å². The SMILES string of the molecule is COC(=O)C(C(=O)OC)c1cccc2[nH]ccc12.F[P-](F)(F)(F)(F)F.[CH]1C=CC=C1.[Ru+]. The molecule has 0 saturated carbocycles. The van der Waals surface area contributed by atoms with Crippen LogP contribution in [0.2, 0.25) is 0 Å². The molecule has 1 N–H and O–H groups in total. The summed E-state index contributed by atoms with van der Waals surface area (Å²) in [5.41, 5.74) is 1.43. The van der Waals surface area contributed by atoms with Gasteiger partial charge < -0.3 is 14.5 Å². The second kappa shape index (κ2) is 10.4. The Morgan fingerprint density at radius 3 is 1.74 bits per heavy atom. The van der Waals surface area contributed by atoms with Crippen molar-refractivity contribution < 1.29 is 63.7 Å². The van der Waals surface area contributed by atoms with Gasteiger partial charge in [-0.3, -0.25) is 9.59 Å². The van der Waals surface area contributed by atoms with Crippen molar-refractivity contribution in [2.45, 2.75) is 5.92 Å². The third-order valence-electron chi connectivity index (χ3n) is 3.37. The minimum Gasteiger partial charge on any atom is -0.0767 e. The molecule has 1 aliphatic rings. The number of carbonyl (C=O) groups excluding carboxylic acids is 2. The van der Waals surface area contributed by atoms with E-state index >= 15 is 0 Å². The van der Waals surface area contributed by atoms with Crippen LogP contribution in [0.25, 0.3) is 10.9 Å². The molecule has 1 aromatic carbocycles. The number of carbonyl (C=O) groups is 2. The number of hydrogen-bond donors (Lipinski definition) is 1. The van der Waals surface area contributed by atoms with Gasteiger partial charge in [0.25, 0.3) is 0 Å². The largest absolute Gasteiger partial charge is 1.00 e. The molecule has 5 nitrogen and oxygen atoms in total. The Kier molecular flexibility index (Phi) is 9.68. The second-order valence-electron chi connectivity index (χ2n) is 5.69. The van der Waals surface area contributed by atoms with Crippen LogP contribution >= 0.6 is 7.81 Å². The van der Waals surface area contributed by atoms with E-state index < -0.39 is 25.7 Å². The van der Waals surface area contributed by atoms with Gasteiger partial charge in [-0.15, -0.1) is 0 Å². The van der Waals surface area contributed by atoms with Crippen LogP contribution in [0.1, 0.15) is 11.5 Å². The van der Waals surface area contributed by atoms with Gasteiger partial charge in [0.05, 0.1) is 14.2 Å². The molecule has 2 radical (unpaired) electrons. The molecule has 174 valence electrons. The number of nitrogens with one attached hydrogen (secondary N) is 1. The monoisotopic (exact) mass is 559 g/mol. The number of aromatic nitrogens is 1. The maximum Gasteiger partial charge on any atom is 1.00 e. The number of esters is 2. The number of hydrogen-bond acceptors (Lipinski definition) is 4. The predicted octanol–water partition coefficient (Wildman–Crippen LogP) is 6.29. The number of aromatic amines is 1. The molecule has 0 aliphatic heterocycles. The fourth-order valence-electron chi connectivity index (χ4n) is 2.27. The van der Waals surface area contributed by atoms with E-state index in [-0.39, 0.29) is 19.5 Å². The number of rotatable bonds is 3. The Hall–Kier alpha value is -2.19. The fraction of sp³-hybridized carbons (Fsp3) is 0.167. The molecule has 1 aliphatic carbocycles. The van der Waals surface area contributed by atoms with Gasteiger partial charge in [0.1, 0.15) is 0 Å². The number of fused-ring (bicyclic) bond motifs is 1. The van der Waals surface area contributed by atoms with Crippen LogP contribution in [0, 0.1) is 6.42 Å². The quantitative estimate of drug-likeness (QED) is 0.158. The second-order valence-corrected chi connectivity index (χ2v) is 7.60. The molecule has 13 heteroatoms. The molecule has 31 heavy (non-hydrogen) atoms. The molecule has 0 atom stereocenters. The van der Waals surface area contributed by atoms with E-state index in [0.29, 0.717) is 5.56 Å². The topological polar surface area (TPSA) is 68.4 Å². The van der Waals surface area contributed by atoms with Crippen LogP contribution in [0.4, 0.5) is 25.2 Å². The van der Waals surface area contributed by atoms with Gasteiger partial charge in [-0.05, 0) is 17.7 Å². The summed E-state index contributed by atoms with van der Waals surface area (Å²) >= 11 is 0. The number of H-pyrrole nitrogens is 1. The van der Waals surface area contributed by atoms with Crippen molar-refractivity contribution >= 4 is 30.7 Å². The van der Waals surface area contributed by atoms with Gasteiger partial charge in [-0.1, -0.05) is 36.4 Å². The normalized spacial score (nSPS) is 14.2. The molecule has 0 unspecified atom stereocenters. The van der Waals surface area contributed by atoms with Crippen LogP contribution in [0.3, 0.4) is 0 Å². The van der Waals surface area contributed by atoms with E-state index in [1.165, 1.54) is 14.2 Å². The standard InChI is InChI=1S/C13H13NO4.C5H5.F6P.Ru/c1-17-12(15)11(13(16)18-2)9-4-3-5-10-8(9)6-7-14-10;1-2-4-5-3-1;1-7(2,3,4,5)6;/h3-7,11,14H,1-2H3;1-5H;;/q;;-1;+1. The Bertz CT molecular complexity index is 920. The van der Waals surface area contributed by atoms with Crippen molar-refractivity contribution in [1.82, 2.24) is 4.98 Å². The molecule has 0 fully saturated rings. The molecule has 1 aromatic heterocycles. The molecule has 0 spiro atoms. The molecular weight excluding hydrogens is 540 g/mol. The zero-order chi connectivity index (χ0) is 23.1. The first-order valence-corrected chi connectivity index (χ1v) is 10.1. The Morgan fingerprint density at radius 1 is 0.871 bits per heavy atom. The summed E-state index contributed by atoms with van der Waals surface area (Å²) in [6.45, 7) is 0. The smallest absolute Gasteiger partial charge is 0.0767 e. The molecule has 3 rings (SSSR count). The van der Waals surface area contributed by atoms with Crippen molar-refractivity contribution in [1.29, 1.82) is 0 Å². The molecule has 2 aromatic rings. The molecule has 1 heterocycles. The maximum atomic E-state index is 11.7. The van der Waals surface area contributed by atoms with Gasteiger partial charge in [0.2, 0.25) is 0 Å². The average Bonchev–Trinajstić information content (AvgIpc) is 3.33. The third kappa shape index (κ3) is 12.3. The summed E-state index contributed by atoms with van der Waals surface area (Å²) in [5.74, 6) is -2.31. The molecular formula is C18H18F6NO4PRu. The summed E-state index contributed by atoms with van der Waals surface area (Å²) in [5, 5.41) is 0.804. The van der Waals surface area contributed by atoms with E-state index in [4.69, 9.17) is 0 Å². The number of allylic oxidation sites excluding steroid dienone is 4. The number of benzene rings is 1. The van der Waals surface area contributed by atoms with Crippen molar-refractivity contribution in [2.75, 3.05) is 14.2 Å². The van der Waals surface area contributed by atoms with Gasteiger partial charge in [0.15, 0.2) is 5.92 Å². The first-order valence-electron chi connectivity index (χ1n) is 8.08. The number of methoxy groups -OCH3 is 2. The van der Waals surface area contributed by atoms with Gasteiger partial charge in [-0.2, -0.15) is 0 Å². The average molecular weight is 558 g/mol. The zero-order valence-corrected chi connectivity index (χ0v) is 18.7. The number of ether oxygens (including phenoxy) is 2. The first kappa shape index (κ1) is 28.8. The van der Waals surface area contributed by atoms with Crippen molar-refractivity contribution in [3.05, 3.63) is 66.8 Å². The molecule has 0 bridgehead atoms. The van der Waals surface area contributed by atoms with Crippen LogP contribution in [-0.4, -0.2) is 31.1 Å². The number of halogens is 6. The van der Waals surface area contributed by atoms with Crippen LogP contribution < -0.4 is 0 Å². The van der Waals surface area contributed by atoms with E-state index in [0.717, 1.165) is 10.9 Å². The Morgan fingerprint density at radius 2 is 1.35 bits per heavy atom. The van der Waals surface area contributed by atoms with Crippen LogP contribution in [0.15, 0.2) is 54.8 Å². The van der Waals surface area contributed by atoms with Crippen LogP contribution in [-0.2, 0) is 38.5 Å². The van der Waals surface area contributed by atoms with Crippen molar-refractivity contribution in [3.63, 3.8) is 0 Å². The maximum absolute atomic E-state index is 11.7. The molecule has 0 saturated heterocycles. The minimum atomic E-state index is -10.7. The minimum absolute atomic E-state index is 0. The van der Waals surface area contributed by atoms with E-state index in [2.05, 4.69) is 14.5 Å². The molecule has 0 amide bonds. The summed E-state index contributed by atoms with van der Waals surface area (Å²) in [6, 6.07) is 7.16. The van der Waals surface area contributed by atoms with E-state index in [1.807, 2.05) is 42.9 Å². The summed E-state index contributed by atoms with van der Waals surface area (Å²) in [6.07, 6.45) is 11.7. The van der Waals surface area contributed by atoms with Crippen molar-refractivity contribution in [2.24, 2.45) is 0 Å². The van der Waals surface area contributed by atoms with Gasteiger partial charge in [0, 0.05) is 23.5 Å². The summed E-state index contributed by atoms with van der Waals surface area (Å²) in [7, 11) is -8.17. The van der Waals surface area contributed by atoms with Gasteiger partial charge in [-0.25, -0.2) is 0 Å². The summed E-state index contributed by atoms with van der Waals surface area (Å²) < 4.78 is 68.5.